The summed E-state index contributed by atoms with van der Waals surface area (Å²) in [7, 11) is 3.85. The third-order valence-electron chi connectivity index (χ3n) is 3.61. The van der Waals surface area contributed by atoms with Crippen LogP contribution in [0.25, 0.3) is 0 Å². The van der Waals surface area contributed by atoms with Gasteiger partial charge in [-0.2, -0.15) is 0 Å². The molecule has 0 fully saturated rings. The Morgan fingerprint density at radius 2 is 1.88 bits per heavy atom. The van der Waals surface area contributed by atoms with Crippen molar-refractivity contribution in [3.63, 3.8) is 0 Å². The highest BCUT2D eigenvalue weighted by atomic mass is 16.5. The van der Waals surface area contributed by atoms with E-state index in [0.29, 0.717) is 6.61 Å². The van der Waals surface area contributed by atoms with Crippen molar-refractivity contribution in [1.82, 2.24) is 15.5 Å². The Bertz CT molecular complexity index is 454. The van der Waals surface area contributed by atoms with Gasteiger partial charge in [-0.05, 0) is 39.1 Å². The molecule has 0 spiro atoms. The summed E-state index contributed by atoms with van der Waals surface area (Å²) in [5.74, 6) is 1.79. The van der Waals surface area contributed by atoms with Gasteiger partial charge in [-0.15, -0.1) is 0 Å². The van der Waals surface area contributed by atoms with Crippen molar-refractivity contribution < 1.29 is 9.47 Å². The molecule has 142 valence electrons. The molecule has 6 heteroatoms. The molecule has 2 N–H and O–H groups in total. The van der Waals surface area contributed by atoms with Crippen molar-refractivity contribution in [3.05, 3.63) is 30.3 Å². The molecule has 0 aliphatic heterocycles. The number of rotatable bonds is 13. The fourth-order valence-electron chi connectivity index (χ4n) is 2.22. The van der Waals surface area contributed by atoms with E-state index in [1.165, 1.54) is 0 Å². The van der Waals surface area contributed by atoms with Gasteiger partial charge in [-0.1, -0.05) is 18.2 Å². The van der Waals surface area contributed by atoms with Crippen molar-refractivity contribution >= 4 is 5.96 Å². The zero-order valence-electron chi connectivity index (χ0n) is 16.0. The first-order valence-electron chi connectivity index (χ1n) is 9.13. The molecule has 0 saturated carbocycles. The lowest BCUT2D eigenvalue weighted by atomic mass is 10.3. The number of nitrogens with one attached hydrogen (secondary N) is 2. The van der Waals surface area contributed by atoms with E-state index in [0.717, 1.165) is 63.9 Å². The third kappa shape index (κ3) is 11.4. The second-order valence-electron chi connectivity index (χ2n) is 5.85. The summed E-state index contributed by atoms with van der Waals surface area (Å²) >= 11 is 0. The second kappa shape index (κ2) is 14.5. The van der Waals surface area contributed by atoms with E-state index in [1.54, 1.807) is 7.11 Å². The van der Waals surface area contributed by atoms with E-state index in [4.69, 9.17) is 9.47 Å². The number of guanidine groups is 1. The Morgan fingerprint density at radius 3 is 2.60 bits per heavy atom. The van der Waals surface area contributed by atoms with Crippen molar-refractivity contribution in [2.24, 2.45) is 4.99 Å². The first kappa shape index (κ1) is 21.3. The van der Waals surface area contributed by atoms with Gasteiger partial charge >= 0.3 is 0 Å². The van der Waals surface area contributed by atoms with Crippen LogP contribution in [0.3, 0.4) is 0 Å². The Labute approximate surface area is 152 Å². The van der Waals surface area contributed by atoms with Gasteiger partial charge in [0.25, 0.3) is 0 Å². The maximum atomic E-state index is 5.68. The van der Waals surface area contributed by atoms with E-state index in [2.05, 4.69) is 34.5 Å². The van der Waals surface area contributed by atoms with Crippen LogP contribution in [0.5, 0.6) is 5.75 Å². The molecule has 0 unspecified atom stereocenters. The van der Waals surface area contributed by atoms with Crippen molar-refractivity contribution in [1.29, 1.82) is 0 Å². The summed E-state index contributed by atoms with van der Waals surface area (Å²) in [6.07, 6.45) is 1.97. The van der Waals surface area contributed by atoms with Crippen LogP contribution in [0.15, 0.2) is 35.3 Å². The second-order valence-corrected chi connectivity index (χ2v) is 5.85. The molecule has 0 aliphatic rings. The van der Waals surface area contributed by atoms with E-state index >= 15 is 0 Å². The number of nitrogens with zero attached hydrogens (tertiary/aromatic N) is 2. The summed E-state index contributed by atoms with van der Waals surface area (Å²) in [6, 6.07) is 9.89. The van der Waals surface area contributed by atoms with E-state index in [-0.39, 0.29) is 0 Å². The molecule has 1 aromatic carbocycles. The number of aliphatic imine (C=N–C) groups is 1. The molecule has 0 saturated heterocycles. The van der Waals surface area contributed by atoms with Gasteiger partial charge in [-0.25, -0.2) is 0 Å². The first-order valence-corrected chi connectivity index (χ1v) is 9.13. The Hall–Kier alpha value is -1.79. The van der Waals surface area contributed by atoms with E-state index < -0.39 is 0 Å². The minimum atomic E-state index is 0.678. The summed E-state index contributed by atoms with van der Waals surface area (Å²) in [4.78, 5) is 6.87. The summed E-state index contributed by atoms with van der Waals surface area (Å²) in [6.45, 7) is 8.05. The molecule has 1 aromatic rings. The van der Waals surface area contributed by atoms with Gasteiger partial charge in [0.15, 0.2) is 5.96 Å². The standard InChI is InChI=1S/C19H34N4O2/c1-4-20-19(21-12-8-14-23(2)15-17-24-3)22-13-9-16-25-18-10-6-5-7-11-18/h5-7,10-11H,4,8-9,12-17H2,1-3H3,(H2,20,21,22). The molecular formula is C19H34N4O2. The highest BCUT2D eigenvalue weighted by molar-refractivity contribution is 5.79. The van der Waals surface area contributed by atoms with Crippen LogP contribution in [0, 0.1) is 0 Å². The summed E-state index contributed by atoms with van der Waals surface area (Å²) in [5.41, 5.74) is 0. The monoisotopic (exact) mass is 350 g/mol. The van der Waals surface area contributed by atoms with Crippen LogP contribution < -0.4 is 15.4 Å². The van der Waals surface area contributed by atoms with Crippen LogP contribution in [0.4, 0.5) is 0 Å². The van der Waals surface area contributed by atoms with Crippen LogP contribution in [-0.4, -0.2) is 71.0 Å². The predicted octanol–water partition coefficient (Wildman–Crippen LogP) is 1.98. The number of para-hydroxylation sites is 1. The lowest BCUT2D eigenvalue weighted by molar-refractivity contribution is 0.161. The Kier molecular flexibility index (Phi) is 12.4. The zero-order chi connectivity index (χ0) is 18.2. The highest BCUT2D eigenvalue weighted by Crippen LogP contribution is 2.08. The maximum Gasteiger partial charge on any atom is 0.191 e. The van der Waals surface area contributed by atoms with Gasteiger partial charge in [-0.3, -0.25) is 4.99 Å². The van der Waals surface area contributed by atoms with Crippen molar-refractivity contribution in [3.8, 4) is 5.75 Å². The fourth-order valence-corrected chi connectivity index (χ4v) is 2.22. The smallest absolute Gasteiger partial charge is 0.191 e. The van der Waals surface area contributed by atoms with Crippen molar-refractivity contribution in [2.45, 2.75) is 19.8 Å². The number of hydrogen-bond donors (Lipinski definition) is 2. The number of likely N-dealkylation sites (N-methyl/N-ethyl adjacent to an activating group) is 1. The highest BCUT2D eigenvalue weighted by Gasteiger charge is 2.00. The normalized spacial score (nSPS) is 11.6. The van der Waals surface area contributed by atoms with Gasteiger partial charge in [0.2, 0.25) is 0 Å². The molecule has 0 amide bonds. The minimum absolute atomic E-state index is 0.678. The number of hydrogen-bond acceptors (Lipinski definition) is 4. The zero-order valence-corrected chi connectivity index (χ0v) is 16.0. The Morgan fingerprint density at radius 1 is 1.08 bits per heavy atom. The lowest BCUT2D eigenvalue weighted by Crippen LogP contribution is -2.38. The Balaban J connectivity index is 2.15. The van der Waals surface area contributed by atoms with Crippen LogP contribution in [0.2, 0.25) is 0 Å². The van der Waals surface area contributed by atoms with Crippen LogP contribution >= 0.6 is 0 Å². The first-order chi connectivity index (χ1) is 12.3. The molecule has 0 heterocycles. The average Bonchev–Trinajstić information content (AvgIpc) is 2.64. The van der Waals surface area contributed by atoms with Gasteiger partial charge < -0.3 is 25.0 Å². The largest absolute Gasteiger partial charge is 0.494 e. The molecule has 0 aliphatic carbocycles. The SMILES string of the molecule is CCNC(=NCCCOc1ccccc1)NCCCN(C)CCOC. The average molecular weight is 351 g/mol. The number of ether oxygens (including phenoxy) is 2. The molecule has 6 nitrogen and oxygen atoms in total. The fraction of sp³-hybridized carbons (Fsp3) is 0.632. The van der Waals surface area contributed by atoms with Crippen molar-refractivity contribution in [2.75, 3.05) is 60.1 Å². The number of benzene rings is 1. The summed E-state index contributed by atoms with van der Waals surface area (Å²) in [5, 5.41) is 6.66. The number of methoxy groups -OCH3 is 1. The molecule has 1 rings (SSSR count). The maximum absolute atomic E-state index is 5.68. The molecular weight excluding hydrogens is 316 g/mol. The summed E-state index contributed by atoms with van der Waals surface area (Å²) < 4.78 is 10.8. The third-order valence-corrected chi connectivity index (χ3v) is 3.61. The molecule has 0 atom stereocenters. The van der Waals surface area contributed by atoms with E-state index in [9.17, 15) is 0 Å². The minimum Gasteiger partial charge on any atom is -0.494 e. The van der Waals surface area contributed by atoms with Crippen LogP contribution in [-0.2, 0) is 4.74 Å². The molecule has 0 aromatic heterocycles. The van der Waals surface area contributed by atoms with Gasteiger partial charge in [0.1, 0.15) is 5.75 Å². The topological polar surface area (TPSA) is 58.1 Å². The van der Waals surface area contributed by atoms with Gasteiger partial charge in [0, 0.05) is 39.7 Å². The quantitative estimate of drug-likeness (QED) is 0.324. The predicted molar refractivity (Wildman–Crippen MR) is 105 cm³/mol. The van der Waals surface area contributed by atoms with E-state index in [1.807, 2.05) is 30.3 Å². The van der Waals surface area contributed by atoms with Gasteiger partial charge in [0.05, 0.1) is 13.2 Å². The van der Waals surface area contributed by atoms with Crippen LogP contribution in [0.1, 0.15) is 19.8 Å². The molecule has 0 bridgehead atoms. The molecule has 25 heavy (non-hydrogen) atoms. The molecule has 0 radical (unpaired) electrons. The lowest BCUT2D eigenvalue weighted by Gasteiger charge is -2.17.